The van der Waals surface area contributed by atoms with Gasteiger partial charge in [-0.25, -0.2) is 0 Å². The second kappa shape index (κ2) is 8.23. The average molecular weight is 342 g/mol. The first-order valence-electron chi connectivity index (χ1n) is 8.57. The van der Waals surface area contributed by atoms with Crippen LogP contribution in [0.2, 0.25) is 0 Å². The number of rotatable bonds is 7. The zero-order chi connectivity index (χ0) is 17.6. The number of hydrogen-bond donors (Lipinski definition) is 1. The summed E-state index contributed by atoms with van der Waals surface area (Å²) in [6.07, 6.45) is 0. The fourth-order valence-electron chi connectivity index (χ4n) is 3.06. The van der Waals surface area contributed by atoms with Gasteiger partial charge >= 0.3 is 0 Å². The monoisotopic (exact) mass is 342 g/mol. The summed E-state index contributed by atoms with van der Waals surface area (Å²) in [6.45, 7) is 2.83. The molecule has 0 fully saturated rings. The second-order valence-electron chi connectivity index (χ2n) is 6.33. The van der Waals surface area contributed by atoms with E-state index in [1.807, 2.05) is 18.2 Å². The first kappa shape index (κ1) is 17.6. The molecule has 1 atom stereocenters. The van der Waals surface area contributed by atoms with E-state index in [9.17, 15) is 0 Å². The molecule has 0 radical (unpaired) electrons. The van der Waals surface area contributed by atoms with Crippen LogP contribution >= 0.6 is 0 Å². The highest BCUT2D eigenvalue weighted by molar-refractivity contribution is 5.43. The molecular formula is C20H26N2O3. The number of likely N-dealkylation sites (N-methyl/N-ethyl adjacent to an activating group) is 1. The molecule has 1 N–H and O–H groups in total. The Morgan fingerprint density at radius 2 is 1.84 bits per heavy atom. The fraction of sp³-hybridized carbons (Fsp3) is 0.400. The minimum absolute atomic E-state index is 0.230. The normalized spacial score (nSPS) is 14.4. The summed E-state index contributed by atoms with van der Waals surface area (Å²) in [7, 11) is 5.89. The van der Waals surface area contributed by atoms with Crippen LogP contribution in [0.25, 0.3) is 0 Å². The first-order valence-corrected chi connectivity index (χ1v) is 8.57. The van der Waals surface area contributed by atoms with Crippen LogP contribution in [-0.2, 0) is 6.54 Å². The van der Waals surface area contributed by atoms with Crippen LogP contribution in [0.1, 0.15) is 17.2 Å². The van der Waals surface area contributed by atoms with Crippen LogP contribution in [0.3, 0.4) is 0 Å². The minimum atomic E-state index is 0.230. The number of hydrogen-bond acceptors (Lipinski definition) is 5. The Morgan fingerprint density at radius 3 is 2.60 bits per heavy atom. The third kappa shape index (κ3) is 4.24. The molecule has 0 saturated carbocycles. The maximum Gasteiger partial charge on any atom is 0.161 e. The molecule has 0 aliphatic carbocycles. The highest BCUT2D eigenvalue weighted by Crippen LogP contribution is 2.31. The molecule has 0 saturated heterocycles. The van der Waals surface area contributed by atoms with E-state index in [1.165, 1.54) is 11.1 Å². The van der Waals surface area contributed by atoms with Crippen LogP contribution < -0.4 is 19.5 Å². The number of ether oxygens (including phenoxy) is 3. The van der Waals surface area contributed by atoms with Crippen LogP contribution in [0.4, 0.5) is 0 Å². The Hall–Kier alpha value is -2.24. The average Bonchev–Trinajstić information content (AvgIpc) is 2.65. The maximum absolute atomic E-state index is 5.65. The molecule has 1 aliphatic rings. The zero-order valence-corrected chi connectivity index (χ0v) is 15.1. The van der Waals surface area contributed by atoms with Gasteiger partial charge in [0, 0.05) is 18.7 Å². The number of nitrogens with zero attached hydrogens (tertiary/aromatic N) is 1. The van der Waals surface area contributed by atoms with Crippen LogP contribution in [0, 0.1) is 0 Å². The van der Waals surface area contributed by atoms with E-state index in [2.05, 4.69) is 48.6 Å². The summed E-state index contributed by atoms with van der Waals surface area (Å²) in [5, 5.41) is 3.55. The minimum Gasteiger partial charge on any atom is -0.496 e. The highest BCUT2D eigenvalue weighted by Gasteiger charge is 2.18. The summed E-state index contributed by atoms with van der Waals surface area (Å²) in [6, 6.07) is 14.5. The van der Waals surface area contributed by atoms with Gasteiger partial charge in [0.05, 0.1) is 13.2 Å². The van der Waals surface area contributed by atoms with Gasteiger partial charge in [-0.05, 0) is 37.9 Å². The van der Waals surface area contributed by atoms with Crippen molar-refractivity contribution in [2.75, 3.05) is 41.0 Å². The van der Waals surface area contributed by atoms with E-state index in [0.717, 1.165) is 30.3 Å². The number of nitrogens with one attached hydrogen (secondary N) is 1. The number of benzene rings is 2. The Balaban J connectivity index is 1.64. The van der Waals surface area contributed by atoms with E-state index in [1.54, 1.807) is 7.11 Å². The smallest absolute Gasteiger partial charge is 0.161 e. The highest BCUT2D eigenvalue weighted by atomic mass is 16.6. The predicted octanol–water partition coefficient (Wildman–Crippen LogP) is 2.86. The van der Waals surface area contributed by atoms with Gasteiger partial charge in [-0.2, -0.15) is 0 Å². The van der Waals surface area contributed by atoms with Gasteiger partial charge in [-0.1, -0.05) is 24.3 Å². The lowest BCUT2D eigenvalue weighted by Gasteiger charge is -2.27. The van der Waals surface area contributed by atoms with Gasteiger partial charge < -0.3 is 24.4 Å². The second-order valence-corrected chi connectivity index (χ2v) is 6.33. The first-order chi connectivity index (χ1) is 12.2. The van der Waals surface area contributed by atoms with E-state index in [0.29, 0.717) is 13.2 Å². The van der Waals surface area contributed by atoms with Crippen molar-refractivity contribution < 1.29 is 14.2 Å². The van der Waals surface area contributed by atoms with Gasteiger partial charge in [0.2, 0.25) is 0 Å². The molecule has 5 nitrogen and oxygen atoms in total. The lowest BCUT2D eigenvalue weighted by Crippen LogP contribution is -2.31. The van der Waals surface area contributed by atoms with Crippen molar-refractivity contribution >= 4 is 0 Å². The molecule has 2 aromatic carbocycles. The summed E-state index contributed by atoms with van der Waals surface area (Å²) in [5.74, 6) is 2.58. The molecule has 0 spiro atoms. The molecule has 1 aliphatic heterocycles. The molecule has 3 rings (SSSR count). The molecular weight excluding hydrogens is 316 g/mol. The number of methoxy groups -OCH3 is 1. The number of para-hydroxylation sites is 1. The predicted molar refractivity (Wildman–Crippen MR) is 98.6 cm³/mol. The van der Waals surface area contributed by atoms with Gasteiger partial charge in [-0.3, -0.25) is 0 Å². The van der Waals surface area contributed by atoms with E-state index < -0.39 is 0 Å². The molecule has 2 aromatic rings. The van der Waals surface area contributed by atoms with E-state index in [4.69, 9.17) is 14.2 Å². The van der Waals surface area contributed by atoms with Crippen molar-refractivity contribution in [1.82, 2.24) is 10.2 Å². The quantitative estimate of drug-likeness (QED) is 0.838. The largest absolute Gasteiger partial charge is 0.496 e. The SMILES string of the molecule is COc1ccccc1[C@@H](CNCc1ccc2c(c1)OCCO2)N(C)C. The van der Waals surface area contributed by atoms with Crippen LogP contribution in [-0.4, -0.2) is 45.9 Å². The lowest BCUT2D eigenvalue weighted by atomic mass is 10.0. The van der Waals surface area contributed by atoms with Crippen molar-refractivity contribution in [2.45, 2.75) is 12.6 Å². The molecule has 134 valence electrons. The molecule has 25 heavy (non-hydrogen) atoms. The molecule has 0 amide bonds. The fourth-order valence-corrected chi connectivity index (χ4v) is 3.06. The lowest BCUT2D eigenvalue weighted by molar-refractivity contribution is 0.171. The van der Waals surface area contributed by atoms with Crippen molar-refractivity contribution in [3.63, 3.8) is 0 Å². The van der Waals surface area contributed by atoms with Gasteiger partial charge in [0.1, 0.15) is 19.0 Å². The summed E-state index contributed by atoms with van der Waals surface area (Å²) in [5.41, 5.74) is 2.37. The standard InChI is InChI=1S/C20H26N2O3/c1-22(2)17(16-6-4-5-7-18(16)23-3)14-21-13-15-8-9-19-20(12-15)25-11-10-24-19/h4-9,12,17,21H,10-11,13-14H2,1-3H3/t17-/m1/s1. The summed E-state index contributed by atoms with van der Waals surface area (Å²) < 4.78 is 16.7. The molecule has 0 bridgehead atoms. The number of fused-ring (bicyclic) bond motifs is 1. The van der Waals surface area contributed by atoms with Crippen molar-refractivity contribution in [3.8, 4) is 17.2 Å². The van der Waals surface area contributed by atoms with Crippen molar-refractivity contribution in [1.29, 1.82) is 0 Å². The zero-order valence-electron chi connectivity index (χ0n) is 15.1. The molecule has 1 heterocycles. The molecule has 5 heteroatoms. The molecule has 0 unspecified atom stereocenters. The van der Waals surface area contributed by atoms with Crippen LogP contribution in [0.5, 0.6) is 17.2 Å². The van der Waals surface area contributed by atoms with Crippen LogP contribution in [0.15, 0.2) is 42.5 Å². The Labute approximate surface area is 149 Å². The van der Waals surface area contributed by atoms with Crippen molar-refractivity contribution in [2.24, 2.45) is 0 Å². The van der Waals surface area contributed by atoms with E-state index >= 15 is 0 Å². The van der Waals surface area contributed by atoms with Crippen molar-refractivity contribution in [3.05, 3.63) is 53.6 Å². The van der Waals surface area contributed by atoms with Gasteiger partial charge in [-0.15, -0.1) is 0 Å². The third-order valence-corrected chi connectivity index (χ3v) is 4.39. The summed E-state index contributed by atoms with van der Waals surface area (Å²) in [4.78, 5) is 2.20. The summed E-state index contributed by atoms with van der Waals surface area (Å²) >= 11 is 0. The Kier molecular flexibility index (Phi) is 5.79. The molecule has 0 aromatic heterocycles. The Morgan fingerprint density at radius 1 is 1.08 bits per heavy atom. The van der Waals surface area contributed by atoms with Gasteiger partial charge in [0.25, 0.3) is 0 Å². The maximum atomic E-state index is 5.65. The topological polar surface area (TPSA) is 43.0 Å². The third-order valence-electron chi connectivity index (χ3n) is 4.39. The van der Waals surface area contributed by atoms with E-state index in [-0.39, 0.29) is 6.04 Å². The Bertz CT molecular complexity index is 703. The van der Waals surface area contributed by atoms with Gasteiger partial charge in [0.15, 0.2) is 11.5 Å².